The highest BCUT2D eigenvalue weighted by Gasteiger charge is 2.34. The smallest absolute Gasteiger partial charge is 0.243 e. The molecule has 170 valence electrons. The summed E-state index contributed by atoms with van der Waals surface area (Å²) in [6.07, 6.45) is 1.65. The molecule has 0 bridgehead atoms. The van der Waals surface area contributed by atoms with Crippen LogP contribution < -0.4 is 5.32 Å². The average Bonchev–Trinajstić information content (AvgIpc) is 3.33. The van der Waals surface area contributed by atoms with Gasteiger partial charge >= 0.3 is 0 Å². The monoisotopic (exact) mass is 443 g/mol. The third kappa shape index (κ3) is 5.40. The summed E-state index contributed by atoms with van der Waals surface area (Å²) < 4.78 is 0. The second-order valence-electron chi connectivity index (χ2n) is 8.51. The molecule has 3 amide bonds. The Morgan fingerprint density at radius 2 is 1.70 bits per heavy atom. The molecule has 0 aliphatic carbocycles. The average molecular weight is 444 g/mol. The standard InChI is InChI=1S/C27H29N3O3/c1-29(19-20-9-3-2-4-10-20)26(32)18-28-27(33)24-15-8-16-30(24)25(31)17-22-13-7-12-21-11-5-6-14-23(21)22/h2-7,9-14,24H,8,15-19H2,1H3,(H,28,33). The second-order valence-corrected chi connectivity index (χ2v) is 8.51. The molecule has 1 aliphatic heterocycles. The fraction of sp³-hybridized carbons (Fsp3) is 0.296. The van der Waals surface area contributed by atoms with E-state index < -0.39 is 6.04 Å². The SMILES string of the molecule is CN(Cc1ccccc1)C(=O)CNC(=O)C1CCCN1C(=O)Cc1cccc2ccccc12. The van der Waals surface area contributed by atoms with Gasteiger partial charge in [0.05, 0.1) is 13.0 Å². The predicted molar refractivity (Wildman–Crippen MR) is 128 cm³/mol. The number of nitrogens with one attached hydrogen (secondary N) is 1. The van der Waals surface area contributed by atoms with Crippen LogP contribution in [-0.4, -0.2) is 53.7 Å². The van der Waals surface area contributed by atoms with Gasteiger partial charge in [0.25, 0.3) is 0 Å². The Morgan fingerprint density at radius 3 is 2.52 bits per heavy atom. The molecule has 1 unspecified atom stereocenters. The molecule has 1 aliphatic rings. The van der Waals surface area contributed by atoms with Gasteiger partial charge in [-0.2, -0.15) is 0 Å². The maximum atomic E-state index is 13.1. The van der Waals surface area contributed by atoms with E-state index in [0.717, 1.165) is 28.3 Å². The topological polar surface area (TPSA) is 69.7 Å². The van der Waals surface area contributed by atoms with E-state index in [2.05, 4.69) is 5.32 Å². The van der Waals surface area contributed by atoms with Gasteiger partial charge in [-0.05, 0) is 34.7 Å². The first-order valence-corrected chi connectivity index (χ1v) is 11.3. The zero-order chi connectivity index (χ0) is 23.2. The van der Waals surface area contributed by atoms with Crippen LogP contribution in [0.4, 0.5) is 0 Å². The van der Waals surface area contributed by atoms with Crippen LogP contribution >= 0.6 is 0 Å². The number of carbonyl (C=O) groups is 3. The van der Waals surface area contributed by atoms with E-state index in [1.807, 2.05) is 72.8 Å². The van der Waals surface area contributed by atoms with Crippen molar-refractivity contribution < 1.29 is 14.4 Å². The van der Waals surface area contributed by atoms with E-state index in [1.54, 1.807) is 16.8 Å². The van der Waals surface area contributed by atoms with E-state index in [-0.39, 0.29) is 30.7 Å². The van der Waals surface area contributed by atoms with Gasteiger partial charge in [0, 0.05) is 20.1 Å². The minimum Gasteiger partial charge on any atom is -0.345 e. The van der Waals surface area contributed by atoms with E-state index in [1.165, 1.54) is 0 Å². The Bertz CT molecular complexity index is 1140. The van der Waals surface area contributed by atoms with Gasteiger partial charge in [-0.25, -0.2) is 0 Å². The molecule has 1 atom stereocenters. The molecule has 3 aromatic carbocycles. The Morgan fingerprint density at radius 1 is 0.970 bits per heavy atom. The maximum absolute atomic E-state index is 13.1. The Hall–Kier alpha value is -3.67. The molecule has 6 nitrogen and oxygen atoms in total. The van der Waals surface area contributed by atoms with Crippen LogP contribution in [0.5, 0.6) is 0 Å². The molecular formula is C27H29N3O3. The van der Waals surface area contributed by atoms with Crippen molar-refractivity contribution in [3.63, 3.8) is 0 Å². The molecule has 0 spiro atoms. The molecule has 6 heteroatoms. The van der Waals surface area contributed by atoms with Crippen LogP contribution in [0, 0.1) is 0 Å². The molecule has 0 saturated carbocycles. The zero-order valence-electron chi connectivity index (χ0n) is 18.9. The van der Waals surface area contributed by atoms with Crippen molar-refractivity contribution in [1.29, 1.82) is 0 Å². The molecule has 1 saturated heterocycles. The summed E-state index contributed by atoms with van der Waals surface area (Å²) in [4.78, 5) is 41.7. The molecule has 1 N–H and O–H groups in total. The number of nitrogens with zero attached hydrogens (tertiary/aromatic N) is 2. The maximum Gasteiger partial charge on any atom is 0.243 e. The van der Waals surface area contributed by atoms with E-state index in [4.69, 9.17) is 0 Å². The first-order chi connectivity index (χ1) is 16.0. The number of hydrogen-bond acceptors (Lipinski definition) is 3. The lowest BCUT2D eigenvalue weighted by molar-refractivity contribution is -0.139. The van der Waals surface area contributed by atoms with Crippen LogP contribution in [0.15, 0.2) is 72.8 Å². The normalized spacial score (nSPS) is 15.4. The van der Waals surface area contributed by atoms with Gasteiger partial charge < -0.3 is 15.1 Å². The van der Waals surface area contributed by atoms with Crippen molar-refractivity contribution in [2.75, 3.05) is 20.1 Å². The lowest BCUT2D eigenvalue weighted by Gasteiger charge is -2.25. The van der Waals surface area contributed by atoms with Crippen LogP contribution in [0.2, 0.25) is 0 Å². The van der Waals surface area contributed by atoms with Crippen molar-refractivity contribution in [3.8, 4) is 0 Å². The van der Waals surface area contributed by atoms with Gasteiger partial charge in [-0.1, -0.05) is 72.8 Å². The minimum atomic E-state index is -0.528. The second kappa shape index (κ2) is 10.3. The molecule has 3 aromatic rings. The highest BCUT2D eigenvalue weighted by atomic mass is 16.2. The van der Waals surface area contributed by atoms with Gasteiger partial charge in [0.2, 0.25) is 17.7 Å². The van der Waals surface area contributed by atoms with E-state index >= 15 is 0 Å². The molecule has 1 heterocycles. The molecule has 0 aromatic heterocycles. The highest BCUT2D eigenvalue weighted by Crippen LogP contribution is 2.23. The third-order valence-electron chi connectivity index (χ3n) is 6.20. The summed E-state index contributed by atoms with van der Waals surface area (Å²) in [5, 5.41) is 4.90. The number of rotatable bonds is 7. The van der Waals surface area contributed by atoms with Crippen LogP contribution in [-0.2, 0) is 27.3 Å². The van der Waals surface area contributed by atoms with Gasteiger partial charge in [0.1, 0.15) is 6.04 Å². The molecule has 33 heavy (non-hydrogen) atoms. The number of likely N-dealkylation sites (tertiary alicyclic amines) is 1. The van der Waals surface area contributed by atoms with Gasteiger partial charge in [0.15, 0.2) is 0 Å². The van der Waals surface area contributed by atoms with Crippen LogP contribution in [0.1, 0.15) is 24.0 Å². The number of carbonyl (C=O) groups excluding carboxylic acids is 3. The number of likely N-dealkylation sites (N-methyl/N-ethyl adjacent to an activating group) is 1. The quantitative estimate of drug-likeness (QED) is 0.610. The molecule has 0 radical (unpaired) electrons. The summed E-state index contributed by atoms with van der Waals surface area (Å²) in [5.41, 5.74) is 1.99. The fourth-order valence-electron chi connectivity index (χ4n) is 4.41. The zero-order valence-corrected chi connectivity index (χ0v) is 18.9. The molecule has 4 rings (SSSR count). The van der Waals surface area contributed by atoms with E-state index in [9.17, 15) is 14.4 Å². The summed E-state index contributed by atoms with van der Waals surface area (Å²) in [5.74, 6) is -0.490. The van der Waals surface area contributed by atoms with Gasteiger partial charge in [-0.15, -0.1) is 0 Å². The van der Waals surface area contributed by atoms with Crippen molar-refractivity contribution in [2.24, 2.45) is 0 Å². The molecule has 1 fully saturated rings. The first kappa shape index (κ1) is 22.5. The van der Waals surface area contributed by atoms with Crippen molar-refractivity contribution in [1.82, 2.24) is 15.1 Å². The number of fused-ring (bicyclic) bond motifs is 1. The Kier molecular flexibility index (Phi) is 7.03. The fourth-order valence-corrected chi connectivity index (χ4v) is 4.41. The highest BCUT2D eigenvalue weighted by molar-refractivity contribution is 5.94. The first-order valence-electron chi connectivity index (χ1n) is 11.3. The summed E-state index contributed by atoms with van der Waals surface area (Å²) in [7, 11) is 1.72. The lowest BCUT2D eigenvalue weighted by Crippen LogP contribution is -2.48. The Balaban J connectivity index is 1.34. The van der Waals surface area contributed by atoms with Crippen molar-refractivity contribution >= 4 is 28.5 Å². The summed E-state index contributed by atoms with van der Waals surface area (Å²) in [6, 6.07) is 23.1. The van der Waals surface area contributed by atoms with Crippen molar-refractivity contribution in [3.05, 3.63) is 83.9 Å². The molecular weight excluding hydrogens is 414 g/mol. The van der Waals surface area contributed by atoms with Crippen LogP contribution in [0.25, 0.3) is 10.8 Å². The number of benzene rings is 3. The van der Waals surface area contributed by atoms with Crippen molar-refractivity contribution in [2.45, 2.75) is 31.8 Å². The number of amides is 3. The number of hydrogen-bond donors (Lipinski definition) is 1. The summed E-state index contributed by atoms with van der Waals surface area (Å²) in [6.45, 7) is 0.960. The summed E-state index contributed by atoms with van der Waals surface area (Å²) >= 11 is 0. The lowest BCUT2D eigenvalue weighted by atomic mass is 10.0. The third-order valence-corrected chi connectivity index (χ3v) is 6.20. The van der Waals surface area contributed by atoms with Gasteiger partial charge in [-0.3, -0.25) is 14.4 Å². The minimum absolute atomic E-state index is 0.0588. The predicted octanol–water partition coefficient (Wildman–Crippen LogP) is 3.15. The van der Waals surface area contributed by atoms with Crippen LogP contribution in [0.3, 0.4) is 0 Å². The largest absolute Gasteiger partial charge is 0.345 e. The van der Waals surface area contributed by atoms with E-state index in [0.29, 0.717) is 19.5 Å². The Labute approximate surface area is 194 Å².